The quantitative estimate of drug-likeness (QED) is 0.683. The number of nitrogens with zero attached hydrogens (tertiary/aromatic N) is 1. The van der Waals surface area contributed by atoms with Crippen LogP contribution in [-0.2, 0) is 9.84 Å². The van der Waals surface area contributed by atoms with Crippen molar-refractivity contribution >= 4 is 27.1 Å². The molecule has 0 bridgehead atoms. The number of nitro benzene ring substituents is 1. The molecule has 8 heteroatoms. The van der Waals surface area contributed by atoms with Crippen molar-refractivity contribution in [1.29, 1.82) is 0 Å². The number of para-hydroxylation sites is 1. The number of sulfone groups is 1. The minimum atomic E-state index is -3.76. The fourth-order valence-electron chi connectivity index (χ4n) is 2.02. The molecule has 2 rings (SSSR count). The van der Waals surface area contributed by atoms with Crippen LogP contribution in [-0.4, -0.2) is 25.5 Å². The van der Waals surface area contributed by atoms with Gasteiger partial charge in [-0.25, -0.2) is 8.42 Å². The van der Waals surface area contributed by atoms with Crippen LogP contribution in [0.1, 0.15) is 15.9 Å². The van der Waals surface area contributed by atoms with Crippen molar-refractivity contribution in [2.45, 2.75) is 11.8 Å². The number of hydrogen-bond donors (Lipinski definition) is 1. The highest BCUT2D eigenvalue weighted by Gasteiger charge is 2.24. The van der Waals surface area contributed by atoms with E-state index in [1.807, 2.05) is 19.1 Å². The van der Waals surface area contributed by atoms with Gasteiger partial charge in [-0.3, -0.25) is 14.9 Å². The van der Waals surface area contributed by atoms with Gasteiger partial charge in [-0.2, -0.15) is 0 Å². The lowest BCUT2D eigenvalue weighted by Crippen LogP contribution is -2.14. The molecule has 0 aromatic heterocycles. The average Bonchev–Trinajstić information content (AvgIpc) is 2.48. The van der Waals surface area contributed by atoms with Gasteiger partial charge >= 0.3 is 0 Å². The summed E-state index contributed by atoms with van der Waals surface area (Å²) in [6, 6.07) is 10.4. The molecule has 0 aliphatic rings. The molecule has 0 heterocycles. The molecule has 0 spiro atoms. The van der Waals surface area contributed by atoms with Crippen LogP contribution in [0.15, 0.2) is 47.4 Å². The van der Waals surface area contributed by atoms with Crippen molar-refractivity contribution in [2.24, 2.45) is 0 Å². The monoisotopic (exact) mass is 334 g/mol. The third-order valence-electron chi connectivity index (χ3n) is 3.21. The van der Waals surface area contributed by atoms with Gasteiger partial charge in [-0.1, -0.05) is 18.2 Å². The first kappa shape index (κ1) is 16.6. The van der Waals surface area contributed by atoms with Crippen LogP contribution >= 0.6 is 0 Å². The molecule has 0 saturated carbocycles. The fourth-order valence-corrected chi connectivity index (χ4v) is 2.85. The second-order valence-electron chi connectivity index (χ2n) is 4.98. The van der Waals surface area contributed by atoms with Crippen molar-refractivity contribution < 1.29 is 18.1 Å². The molecule has 2 aromatic carbocycles. The van der Waals surface area contributed by atoms with E-state index in [9.17, 15) is 23.3 Å². The van der Waals surface area contributed by atoms with Gasteiger partial charge in [-0.05, 0) is 30.7 Å². The highest BCUT2D eigenvalue weighted by atomic mass is 32.2. The Balaban J connectivity index is 2.41. The van der Waals surface area contributed by atoms with Crippen LogP contribution in [0.5, 0.6) is 0 Å². The molecule has 7 nitrogen and oxygen atoms in total. The van der Waals surface area contributed by atoms with Gasteiger partial charge in [0.1, 0.15) is 4.90 Å². The Morgan fingerprint density at radius 2 is 1.83 bits per heavy atom. The number of rotatable bonds is 4. The number of anilines is 1. The molecule has 120 valence electrons. The Bertz CT molecular complexity index is 890. The fraction of sp³-hybridized carbons (Fsp3) is 0.133. The van der Waals surface area contributed by atoms with Gasteiger partial charge in [0.2, 0.25) is 0 Å². The first-order valence-corrected chi connectivity index (χ1v) is 8.45. The first-order valence-electron chi connectivity index (χ1n) is 6.55. The minimum Gasteiger partial charge on any atom is -0.322 e. The van der Waals surface area contributed by atoms with E-state index in [1.54, 1.807) is 12.1 Å². The molecule has 0 saturated heterocycles. The first-order chi connectivity index (χ1) is 10.7. The largest absolute Gasteiger partial charge is 0.322 e. The van der Waals surface area contributed by atoms with E-state index in [-0.39, 0.29) is 5.56 Å². The lowest BCUT2D eigenvalue weighted by atomic mass is 10.1. The molecular formula is C15H14N2O5S. The molecule has 0 unspecified atom stereocenters. The topological polar surface area (TPSA) is 106 Å². The van der Waals surface area contributed by atoms with E-state index in [4.69, 9.17) is 0 Å². The summed E-state index contributed by atoms with van der Waals surface area (Å²) in [5, 5.41) is 13.7. The number of nitrogens with one attached hydrogen (secondary N) is 1. The summed E-state index contributed by atoms with van der Waals surface area (Å²) in [6.07, 6.45) is 0.877. The Kier molecular flexibility index (Phi) is 4.46. The van der Waals surface area contributed by atoms with E-state index in [0.717, 1.165) is 24.0 Å². The van der Waals surface area contributed by atoms with E-state index in [1.165, 1.54) is 6.07 Å². The molecule has 23 heavy (non-hydrogen) atoms. The summed E-state index contributed by atoms with van der Waals surface area (Å²) in [7, 11) is -3.76. The van der Waals surface area contributed by atoms with Gasteiger partial charge < -0.3 is 5.32 Å². The van der Waals surface area contributed by atoms with Gasteiger partial charge in [0, 0.05) is 23.6 Å². The second-order valence-corrected chi connectivity index (χ2v) is 6.96. The summed E-state index contributed by atoms with van der Waals surface area (Å²) in [6.45, 7) is 1.81. The Morgan fingerprint density at radius 3 is 2.39 bits per heavy atom. The highest BCUT2D eigenvalue weighted by Crippen LogP contribution is 2.25. The zero-order valence-electron chi connectivity index (χ0n) is 12.4. The summed E-state index contributed by atoms with van der Waals surface area (Å²) in [4.78, 5) is 22.0. The third-order valence-corrected chi connectivity index (χ3v) is 4.35. The molecule has 1 amide bonds. The maximum absolute atomic E-state index is 12.2. The Morgan fingerprint density at radius 1 is 1.17 bits per heavy atom. The second kappa shape index (κ2) is 6.17. The van der Waals surface area contributed by atoms with Crippen molar-refractivity contribution in [3.8, 4) is 0 Å². The lowest BCUT2D eigenvalue weighted by molar-refractivity contribution is -0.387. The predicted octanol–water partition coefficient (Wildman–Crippen LogP) is 2.56. The molecule has 0 aliphatic carbocycles. The summed E-state index contributed by atoms with van der Waals surface area (Å²) < 4.78 is 23.1. The van der Waals surface area contributed by atoms with Crippen LogP contribution in [0.25, 0.3) is 0 Å². The number of carbonyl (C=O) groups excluding carboxylic acids is 1. The third kappa shape index (κ3) is 3.72. The van der Waals surface area contributed by atoms with Gasteiger partial charge in [0.05, 0.1) is 4.92 Å². The number of carbonyl (C=O) groups is 1. The number of nitro groups is 1. The van der Waals surface area contributed by atoms with Crippen LogP contribution in [0.4, 0.5) is 11.4 Å². The van der Waals surface area contributed by atoms with E-state index >= 15 is 0 Å². The van der Waals surface area contributed by atoms with Crippen molar-refractivity contribution in [3.63, 3.8) is 0 Å². The highest BCUT2D eigenvalue weighted by molar-refractivity contribution is 7.90. The maximum atomic E-state index is 12.2. The summed E-state index contributed by atoms with van der Waals surface area (Å²) in [5.74, 6) is -0.553. The molecule has 0 fully saturated rings. The lowest BCUT2D eigenvalue weighted by Gasteiger charge is -2.09. The summed E-state index contributed by atoms with van der Waals surface area (Å²) >= 11 is 0. The average molecular weight is 334 g/mol. The summed E-state index contributed by atoms with van der Waals surface area (Å²) in [5.41, 5.74) is 0.799. The normalized spacial score (nSPS) is 11.0. The van der Waals surface area contributed by atoms with E-state index < -0.39 is 31.3 Å². The van der Waals surface area contributed by atoms with Gasteiger partial charge in [-0.15, -0.1) is 0 Å². The molecule has 1 N–H and O–H groups in total. The van der Waals surface area contributed by atoms with Crippen LogP contribution in [0, 0.1) is 17.0 Å². The molecule has 0 radical (unpaired) electrons. The van der Waals surface area contributed by atoms with Crippen molar-refractivity contribution in [2.75, 3.05) is 11.6 Å². The van der Waals surface area contributed by atoms with Crippen LogP contribution in [0.2, 0.25) is 0 Å². The Labute approximate surface area is 133 Å². The number of hydrogen-bond acceptors (Lipinski definition) is 5. The van der Waals surface area contributed by atoms with E-state index in [0.29, 0.717) is 5.69 Å². The number of benzene rings is 2. The zero-order chi connectivity index (χ0) is 17.2. The van der Waals surface area contributed by atoms with Crippen molar-refractivity contribution in [3.05, 3.63) is 63.7 Å². The van der Waals surface area contributed by atoms with Crippen LogP contribution < -0.4 is 5.32 Å². The SMILES string of the molecule is Cc1ccccc1NC(=O)c1ccc(S(C)(=O)=O)c([N+](=O)[O-])c1. The van der Waals surface area contributed by atoms with E-state index in [2.05, 4.69) is 5.32 Å². The predicted molar refractivity (Wildman–Crippen MR) is 85.3 cm³/mol. The smallest absolute Gasteiger partial charge is 0.288 e. The standard InChI is InChI=1S/C15H14N2O5S/c1-10-5-3-4-6-12(10)16-15(18)11-7-8-14(23(2,21)22)13(9-11)17(19)20/h3-9H,1-2H3,(H,16,18). The van der Waals surface area contributed by atoms with Gasteiger partial charge in [0.15, 0.2) is 9.84 Å². The molecule has 0 atom stereocenters. The molecule has 2 aromatic rings. The Hall–Kier alpha value is -2.74. The number of amides is 1. The molecule has 0 aliphatic heterocycles. The van der Waals surface area contributed by atoms with Gasteiger partial charge in [0.25, 0.3) is 11.6 Å². The zero-order valence-corrected chi connectivity index (χ0v) is 13.3. The maximum Gasteiger partial charge on any atom is 0.288 e. The number of aryl methyl sites for hydroxylation is 1. The molecular weight excluding hydrogens is 320 g/mol. The minimum absolute atomic E-state index is 0.00681. The van der Waals surface area contributed by atoms with Crippen molar-refractivity contribution in [1.82, 2.24) is 0 Å². The van der Waals surface area contributed by atoms with Crippen LogP contribution in [0.3, 0.4) is 0 Å².